The highest BCUT2D eigenvalue weighted by atomic mass is 16.5. The predicted molar refractivity (Wildman–Crippen MR) is 74.0 cm³/mol. The van der Waals surface area contributed by atoms with Gasteiger partial charge in [-0.1, -0.05) is 50.1 Å². The molecule has 3 unspecified atom stereocenters. The number of unbranched alkanes of at least 4 members (excludes halogenated alkanes) is 1. The standard InChI is InChI=1S/C15H22N2O2/c1-2-3-9-13(15(18)17-19)16-14-10-12(14)11-7-5-4-6-8-11/h4-8,12-14,16,19H,2-3,9-10H2,1H3,(H,17,18). The molecule has 0 saturated heterocycles. The van der Waals surface area contributed by atoms with Gasteiger partial charge in [-0.25, -0.2) is 5.48 Å². The topological polar surface area (TPSA) is 61.4 Å². The lowest BCUT2D eigenvalue weighted by molar-refractivity contribution is -0.131. The predicted octanol–water partition coefficient (Wildman–Crippen LogP) is 2.20. The molecule has 1 fully saturated rings. The van der Waals surface area contributed by atoms with Crippen LogP contribution in [0.1, 0.15) is 44.1 Å². The van der Waals surface area contributed by atoms with E-state index in [1.807, 2.05) is 18.2 Å². The van der Waals surface area contributed by atoms with Crippen LogP contribution in [0.5, 0.6) is 0 Å². The van der Waals surface area contributed by atoms with E-state index in [1.54, 1.807) is 5.48 Å². The highest BCUT2D eigenvalue weighted by molar-refractivity contribution is 5.80. The van der Waals surface area contributed by atoms with Crippen LogP contribution in [0, 0.1) is 0 Å². The Bertz CT molecular complexity index is 408. The molecule has 19 heavy (non-hydrogen) atoms. The van der Waals surface area contributed by atoms with E-state index in [0.29, 0.717) is 12.0 Å². The van der Waals surface area contributed by atoms with Crippen LogP contribution in [0.3, 0.4) is 0 Å². The molecule has 1 aromatic carbocycles. The zero-order valence-electron chi connectivity index (χ0n) is 11.3. The van der Waals surface area contributed by atoms with E-state index in [1.165, 1.54) is 5.56 Å². The lowest BCUT2D eigenvalue weighted by Gasteiger charge is -2.16. The van der Waals surface area contributed by atoms with Crippen LogP contribution >= 0.6 is 0 Å². The third-order valence-corrected chi connectivity index (χ3v) is 3.71. The highest BCUT2D eigenvalue weighted by Gasteiger charge is 2.40. The zero-order chi connectivity index (χ0) is 13.7. The first-order valence-corrected chi connectivity index (χ1v) is 7.01. The van der Waals surface area contributed by atoms with Gasteiger partial charge >= 0.3 is 0 Å². The molecule has 3 N–H and O–H groups in total. The molecule has 1 saturated carbocycles. The van der Waals surface area contributed by atoms with Gasteiger partial charge in [0, 0.05) is 12.0 Å². The number of rotatable bonds is 7. The van der Waals surface area contributed by atoms with Crippen molar-refractivity contribution in [1.82, 2.24) is 10.8 Å². The van der Waals surface area contributed by atoms with Gasteiger partial charge in [0.15, 0.2) is 0 Å². The minimum atomic E-state index is -0.327. The maximum atomic E-state index is 11.6. The van der Waals surface area contributed by atoms with Crippen molar-refractivity contribution in [2.45, 2.75) is 50.6 Å². The van der Waals surface area contributed by atoms with E-state index < -0.39 is 0 Å². The van der Waals surface area contributed by atoms with Crippen molar-refractivity contribution in [1.29, 1.82) is 0 Å². The van der Waals surface area contributed by atoms with Gasteiger partial charge in [0.25, 0.3) is 5.91 Å². The van der Waals surface area contributed by atoms with E-state index in [9.17, 15) is 4.79 Å². The van der Waals surface area contributed by atoms with Crippen molar-refractivity contribution < 1.29 is 10.0 Å². The van der Waals surface area contributed by atoms with Gasteiger partial charge in [0.1, 0.15) is 0 Å². The molecule has 1 aliphatic rings. The maximum absolute atomic E-state index is 11.6. The lowest BCUT2D eigenvalue weighted by atomic mass is 10.1. The molecule has 0 spiro atoms. The first kappa shape index (κ1) is 14.0. The molecule has 1 aromatic rings. The molecule has 4 heteroatoms. The SMILES string of the molecule is CCCCC(NC1CC1c1ccccc1)C(=O)NO. The van der Waals surface area contributed by atoms with Crippen LogP contribution in [0.15, 0.2) is 30.3 Å². The fraction of sp³-hybridized carbons (Fsp3) is 0.533. The molecule has 2 rings (SSSR count). The number of hydroxylamine groups is 1. The van der Waals surface area contributed by atoms with E-state index in [2.05, 4.69) is 24.4 Å². The average Bonchev–Trinajstić information content (AvgIpc) is 3.23. The monoisotopic (exact) mass is 262 g/mol. The second kappa shape index (κ2) is 6.68. The molecule has 1 amide bonds. The first-order valence-electron chi connectivity index (χ1n) is 7.01. The van der Waals surface area contributed by atoms with Crippen LogP contribution in [0.2, 0.25) is 0 Å². The molecule has 4 nitrogen and oxygen atoms in total. The quantitative estimate of drug-likeness (QED) is 0.521. The summed E-state index contributed by atoms with van der Waals surface area (Å²) in [6, 6.07) is 10.4. The Balaban J connectivity index is 1.87. The fourth-order valence-electron chi connectivity index (χ4n) is 2.48. The smallest absolute Gasteiger partial charge is 0.260 e. The van der Waals surface area contributed by atoms with Gasteiger partial charge in [-0.15, -0.1) is 0 Å². The zero-order valence-corrected chi connectivity index (χ0v) is 11.3. The average molecular weight is 262 g/mol. The van der Waals surface area contributed by atoms with Crippen LogP contribution in [0.4, 0.5) is 0 Å². The summed E-state index contributed by atoms with van der Waals surface area (Å²) in [6.45, 7) is 2.10. The first-order chi connectivity index (χ1) is 9.26. The molecule has 3 atom stereocenters. The summed E-state index contributed by atoms with van der Waals surface area (Å²) in [7, 11) is 0. The summed E-state index contributed by atoms with van der Waals surface area (Å²) in [4.78, 5) is 11.6. The Morgan fingerprint density at radius 1 is 1.42 bits per heavy atom. The summed E-state index contributed by atoms with van der Waals surface area (Å²) in [5.41, 5.74) is 3.08. The van der Waals surface area contributed by atoms with E-state index in [0.717, 1.165) is 25.7 Å². The second-order valence-electron chi connectivity index (χ2n) is 5.20. The summed E-state index contributed by atoms with van der Waals surface area (Å²) in [5, 5.41) is 12.1. The molecule has 1 aliphatic carbocycles. The van der Waals surface area contributed by atoms with Crippen molar-refractivity contribution in [2.75, 3.05) is 0 Å². The number of nitrogens with one attached hydrogen (secondary N) is 2. The van der Waals surface area contributed by atoms with E-state index in [4.69, 9.17) is 5.21 Å². The molecular formula is C15H22N2O2. The molecule has 0 heterocycles. The van der Waals surface area contributed by atoms with Crippen molar-refractivity contribution >= 4 is 5.91 Å². The summed E-state index contributed by atoms with van der Waals surface area (Å²) >= 11 is 0. The lowest BCUT2D eigenvalue weighted by Crippen LogP contribution is -2.44. The van der Waals surface area contributed by atoms with Crippen LogP contribution in [-0.4, -0.2) is 23.2 Å². The number of carbonyl (C=O) groups is 1. The van der Waals surface area contributed by atoms with E-state index >= 15 is 0 Å². The summed E-state index contributed by atoms with van der Waals surface area (Å²) in [5.74, 6) is 0.170. The summed E-state index contributed by atoms with van der Waals surface area (Å²) in [6.07, 6.45) is 3.85. The Kier molecular flexibility index (Phi) is 4.93. The molecule has 0 radical (unpaired) electrons. The third-order valence-electron chi connectivity index (χ3n) is 3.71. The Hall–Kier alpha value is -1.39. The van der Waals surface area contributed by atoms with Gasteiger partial charge in [-0.3, -0.25) is 10.0 Å². The fourth-order valence-corrected chi connectivity index (χ4v) is 2.48. The number of amides is 1. The van der Waals surface area contributed by atoms with E-state index in [-0.39, 0.29) is 11.9 Å². The van der Waals surface area contributed by atoms with Crippen molar-refractivity contribution in [3.63, 3.8) is 0 Å². The number of hydrogen-bond donors (Lipinski definition) is 3. The number of benzene rings is 1. The Morgan fingerprint density at radius 2 is 2.16 bits per heavy atom. The molecule has 0 bridgehead atoms. The van der Waals surface area contributed by atoms with Crippen LogP contribution < -0.4 is 10.8 Å². The van der Waals surface area contributed by atoms with Crippen LogP contribution in [0.25, 0.3) is 0 Å². The Labute approximate surface area is 114 Å². The van der Waals surface area contributed by atoms with Gasteiger partial charge < -0.3 is 5.32 Å². The highest BCUT2D eigenvalue weighted by Crippen LogP contribution is 2.41. The van der Waals surface area contributed by atoms with Gasteiger partial charge in [-0.05, 0) is 18.4 Å². The third kappa shape index (κ3) is 3.78. The van der Waals surface area contributed by atoms with Gasteiger partial charge in [0.05, 0.1) is 6.04 Å². The molecule has 104 valence electrons. The Morgan fingerprint density at radius 3 is 2.79 bits per heavy atom. The van der Waals surface area contributed by atoms with Crippen LogP contribution in [-0.2, 0) is 4.79 Å². The number of hydrogen-bond acceptors (Lipinski definition) is 3. The van der Waals surface area contributed by atoms with Crippen molar-refractivity contribution in [3.8, 4) is 0 Å². The largest absolute Gasteiger partial charge is 0.302 e. The van der Waals surface area contributed by atoms with Crippen molar-refractivity contribution in [3.05, 3.63) is 35.9 Å². The van der Waals surface area contributed by atoms with Gasteiger partial charge in [-0.2, -0.15) is 0 Å². The maximum Gasteiger partial charge on any atom is 0.260 e. The molecular weight excluding hydrogens is 240 g/mol. The minimum Gasteiger partial charge on any atom is -0.302 e. The van der Waals surface area contributed by atoms with Gasteiger partial charge in [0.2, 0.25) is 0 Å². The molecule has 0 aromatic heterocycles. The summed E-state index contributed by atoms with van der Waals surface area (Å²) < 4.78 is 0. The minimum absolute atomic E-state index is 0.288. The number of carbonyl (C=O) groups excluding carboxylic acids is 1. The normalized spacial score (nSPS) is 22.8. The molecule has 0 aliphatic heterocycles. The van der Waals surface area contributed by atoms with Crippen molar-refractivity contribution in [2.24, 2.45) is 0 Å². The second-order valence-corrected chi connectivity index (χ2v) is 5.20.